The molecular weight excluding hydrogens is 310 g/mol. The van der Waals surface area contributed by atoms with Crippen LogP contribution in [0.2, 0.25) is 0 Å². The van der Waals surface area contributed by atoms with E-state index in [0.29, 0.717) is 5.56 Å². The molecule has 2 heterocycles. The average molecular weight is 333 g/mol. The van der Waals surface area contributed by atoms with E-state index in [1.54, 1.807) is 24.5 Å². The summed E-state index contributed by atoms with van der Waals surface area (Å²) >= 11 is 0. The molecule has 0 saturated heterocycles. The van der Waals surface area contributed by atoms with Gasteiger partial charge in [0.05, 0.1) is 0 Å². The predicted molar refractivity (Wildman–Crippen MR) is 96.3 cm³/mol. The lowest BCUT2D eigenvalue weighted by Crippen LogP contribution is -2.49. The Labute approximate surface area is 148 Å². The van der Waals surface area contributed by atoms with Crippen LogP contribution in [0, 0.1) is 17.8 Å². The molecule has 4 heteroatoms. The summed E-state index contributed by atoms with van der Waals surface area (Å²) < 4.78 is 0. The van der Waals surface area contributed by atoms with Crippen LogP contribution in [-0.4, -0.2) is 15.9 Å². The molecule has 4 aliphatic carbocycles. The highest BCUT2D eigenvalue weighted by Gasteiger charge is 2.52. The van der Waals surface area contributed by atoms with E-state index >= 15 is 0 Å². The molecule has 4 saturated carbocycles. The molecule has 4 nitrogen and oxygen atoms in total. The number of hydrogen-bond acceptors (Lipinski definition) is 3. The second kappa shape index (κ2) is 5.65. The molecule has 1 N–H and O–H groups in total. The Morgan fingerprint density at radius 2 is 1.60 bits per heavy atom. The molecule has 4 bridgehead atoms. The lowest BCUT2D eigenvalue weighted by molar-refractivity contribution is -0.00721. The van der Waals surface area contributed by atoms with E-state index in [9.17, 15) is 4.79 Å². The van der Waals surface area contributed by atoms with Gasteiger partial charge >= 0.3 is 0 Å². The summed E-state index contributed by atoms with van der Waals surface area (Å²) in [6, 6.07) is 7.47. The number of hydrogen-bond donors (Lipinski definition) is 1. The third-order valence-corrected chi connectivity index (χ3v) is 6.54. The molecule has 0 radical (unpaired) electrons. The van der Waals surface area contributed by atoms with Crippen molar-refractivity contribution < 1.29 is 4.79 Å². The third kappa shape index (κ3) is 2.64. The van der Waals surface area contributed by atoms with E-state index in [4.69, 9.17) is 4.98 Å². The maximum absolute atomic E-state index is 12.6. The van der Waals surface area contributed by atoms with Gasteiger partial charge in [0.2, 0.25) is 0 Å². The van der Waals surface area contributed by atoms with Gasteiger partial charge in [0, 0.05) is 41.0 Å². The zero-order valence-electron chi connectivity index (χ0n) is 14.3. The average Bonchev–Trinajstić information content (AvgIpc) is 2.61. The second-order valence-corrected chi connectivity index (χ2v) is 8.32. The van der Waals surface area contributed by atoms with Gasteiger partial charge in [-0.2, -0.15) is 0 Å². The van der Waals surface area contributed by atoms with Crippen LogP contribution in [0.3, 0.4) is 0 Å². The Balaban J connectivity index is 1.42. The fourth-order valence-electron chi connectivity index (χ4n) is 5.92. The number of rotatable bonds is 3. The molecule has 6 rings (SSSR count). The topological polar surface area (TPSA) is 54.9 Å². The summed E-state index contributed by atoms with van der Waals surface area (Å²) in [7, 11) is 0. The van der Waals surface area contributed by atoms with E-state index in [-0.39, 0.29) is 11.3 Å². The Hall–Kier alpha value is -2.23. The van der Waals surface area contributed by atoms with Crippen molar-refractivity contribution in [2.45, 2.75) is 43.9 Å². The molecule has 2 aromatic heterocycles. The Morgan fingerprint density at radius 1 is 0.960 bits per heavy atom. The van der Waals surface area contributed by atoms with E-state index in [0.717, 1.165) is 29.1 Å². The highest BCUT2D eigenvalue weighted by Crippen LogP contribution is 2.60. The lowest BCUT2D eigenvalue weighted by Gasteiger charge is -2.56. The number of nitrogens with zero attached hydrogens (tertiary/aromatic N) is 2. The van der Waals surface area contributed by atoms with Crippen molar-refractivity contribution in [3.8, 4) is 0 Å². The van der Waals surface area contributed by atoms with E-state index < -0.39 is 0 Å². The number of pyridine rings is 2. The van der Waals surface area contributed by atoms with Crippen LogP contribution in [0.15, 0.2) is 42.9 Å². The van der Waals surface area contributed by atoms with E-state index in [1.807, 2.05) is 18.3 Å². The summed E-state index contributed by atoms with van der Waals surface area (Å²) in [5.41, 5.74) is 2.85. The molecule has 4 aliphatic rings. The number of carbonyl (C=O) groups excluding carboxylic acids is 1. The first-order chi connectivity index (χ1) is 12.2. The normalized spacial score (nSPS) is 32.6. The van der Waals surface area contributed by atoms with E-state index in [1.165, 1.54) is 38.5 Å². The van der Waals surface area contributed by atoms with Gasteiger partial charge in [-0.15, -0.1) is 0 Å². The van der Waals surface area contributed by atoms with Crippen LogP contribution in [0.4, 0.5) is 5.69 Å². The van der Waals surface area contributed by atoms with Gasteiger partial charge in [-0.1, -0.05) is 0 Å². The van der Waals surface area contributed by atoms with Crippen LogP contribution in [-0.2, 0) is 5.41 Å². The molecule has 25 heavy (non-hydrogen) atoms. The lowest BCUT2D eigenvalue weighted by atomic mass is 9.48. The molecular formula is C21H23N3O. The largest absolute Gasteiger partial charge is 0.322 e. The first-order valence-electron chi connectivity index (χ1n) is 9.38. The van der Waals surface area contributed by atoms with Gasteiger partial charge in [0.25, 0.3) is 5.91 Å². The first-order valence-corrected chi connectivity index (χ1v) is 9.38. The molecule has 0 atom stereocenters. The van der Waals surface area contributed by atoms with Crippen molar-refractivity contribution in [2.24, 2.45) is 17.8 Å². The summed E-state index contributed by atoms with van der Waals surface area (Å²) in [6.07, 6.45) is 13.2. The minimum atomic E-state index is -0.0698. The monoisotopic (exact) mass is 333 g/mol. The molecule has 0 aromatic carbocycles. The van der Waals surface area contributed by atoms with Gasteiger partial charge in [0.15, 0.2) is 0 Å². The van der Waals surface area contributed by atoms with Gasteiger partial charge in [-0.25, -0.2) is 0 Å². The Kier molecular flexibility index (Phi) is 3.40. The maximum atomic E-state index is 12.6. The number of carbonyl (C=O) groups is 1. The fraction of sp³-hybridized carbons (Fsp3) is 0.476. The summed E-state index contributed by atoms with van der Waals surface area (Å²) in [5, 5.41) is 2.95. The smallest absolute Gasteiger partial charge is 0.255 e. The predicted octanol–water partition coefficient (Wildman–Crippen LogP) is 4.20. The van der Waals surface area contributed by atoms with Gasteiger partial charge in [0.1, 0.15) is 0 Å². The van der Waals surface area contributed by atoms with Gasteiger partial charge in [-0.05, 0) is 80.5 Å². The summed E-state index contributed by atoms with van der Waals surface area (Å²) in [6.45, 7) is 0. The fourth-order valence-corrected chi connectivity index (χ4v) is 5.92. The molecule has 1 amide bonds. The first kappa shape index (κ1) is 15.1. The number of anilines is 1. The van der Waals surface area contributed by atoms with E-state index in [2.05, 4.69) is 10.3 Å². The maximum Gasteiger partial charge on any atom is 0.255 e. The zero-order valence-corrected chi connectivity index (χ0v) is 14.3. The summed E-state index contributed by atoms with van der Waals surface area (Å²) in [5.74, 6) is 2.56. The van der Waals surface area contributed by atoms with Crippen LogP contribution in [0.25, 0.3) is 0 Å². The van der Waals surface area contributed by atoms with Crippen molar-refractivity contribution in [2.75, 3.05) is 5.32 Å². The van der Waals surface area contributed by atoms with Crippen LogP contribution in [0.1, 0.15) is 54.6 Å². The van der Waals surface area contributed by atoms with Crippen LogP contribution in [0.5, 0.6) is 0 Å². The highest BCUT2D eigenvalue weighted by molar-refractivity contribution is 6.04. The molecule has 128 valence electrons. The number of aromatic nitrogens is 2. The molecule has 0 spiro atoms. The van der Waals surface area contributed by atoms with Crippen LogP contribution >= 0.6 is 0 Å². The molecule has 2 aromatic rings. The third-order valence-electron chi connectivity index (χ3n) is 6.54. The van der Waals surface area contributed by atoms with Crippen LogP contribution < -0.4 is 5.32 Å². The van der Waals surface area contributed by atoms with Crippen molar-refractivity contribution in [3.05, 3.63) is 54.1 Å². The zero-order chi connectivity index (χ0) is 16.9. The highest BCUT2D eigenvalue weighted by atomic mass is 16.1. The van der Waals surface area contributed by atoms with Gasteiger partial charge < -0.3 is 5.32 Å². The Bertz CT molecular complexity index is 767. The Morgan fingerprint density at radius 3 is 2.24 bits per heavy atom. The quantitative estimate of drug-likeness (QED) is 0.916. The van der Waals surface area contributed by atoms with Crippen molar-refractivity contribution in [1.29, 1.82) is 0 Å². The minimum absolute atomic E-state index is 0.0698. The minimum Gasteiger partial charge on any atom is -0.322 e. The molecule has 4 fully saturated rings. The van der Waals surface area contributed by atoms with Crippen molar-refractivity contribution in [3.63, 3.8) is 0 Å². The van der Waals surface area contributed by atoms with Crippen molar-refractivity contribution in [1.82, 2.24) is 9.97 Å². The summed E-state index contributed by atoms with van der Waals surface area (Å²) in [4.78, 5) is 21.3. The second-order valence-electron chi connectivity index (χ2n) is 8.32. The number of nitrogens with one attached hydrogen (secondary N) is 1. The number of amides is 1. The molecule has 0 aliphatic heterocycles. The standard InChI is InChI=1S/C21H23N3O/c25-20(24-18-2-4-22-5-3-18)17-1-6-23-19(10-17)21-11-14-7-15(12-21)9-16(8-14)13-21/h1-6,10,14-16H,7-9,11-13H2,(H,22,24,25). The van der Waals surface area contributed by atoms with Crippen molar-refractivity contribution >= 4 is 11.6 Å². The SMILES string of the molecule is O=C(Nc1ccncc1)c1ccnc(C23CC4CC(CC(C4)C2)C3)c1. The molecule has 0 unspecified atom stereocenters. The van der Waals surface area contributed by atoms with Gasteiger partial charge in [-0.3, -0.25) is 14.8 Å².